The molecule has 1 aromatic carbocycles. The molecule has 0 aromatic heterocycles. The molecule has 0 fully saturated rings. The second-order valence-electron chi connectivity index (χ2n) is 4.57. The highest BCUT2D eigenvalue weighted by Crippen LogP contribution is 2.26. The van der Waals surface area contributed by atoms with Crippen LogP contribution in [0.15, 0.2) is 18.2 Å². The summed E-state index contributed by atoms with van der Waals surface area (Å²) in [4.78, 5) is 0. The molecular weight excluding hydrogens is 220 g/mol. The first-order valence-electron chi connectivity index (χ1n) is 6.14. The maximum Gasteiger partial charge on any atom is 0.122 e. The molecule has 0 bridgehead atoms. The van der Waals surface area contributed by atoms with Gasteiger partial charge in [0.25, 0.3) is 0 Å². The van der Waals surface area contributed by atoms with Crippen LogP contribution in [0.25, 0.3) is 0 Å². The van der Waals surface area contributed by atoms with Gasteiger partial charge in [-0.05, 0) is 43.4 Å². The van der Waals surface area contributed by atoms with Gasteiger partial charge in [0.15, 0.2) is 0 Å². The Morgan fingerprint density at radius 3 is 3.06 bits per heavy atom. The Morgan fingerprint density at radius 1 is 1.38 bits per heavy atom. The van der Waals surface area contributed by atoms with E-state index in [4.69, 9.17) is 16.3 Å². The number of aryl methyl sites for hydroxylation is 1. The molecule has 1 atom stereocenters. The Kier molecular flexibility index (Phi) is 4.11. The summed E-state index contributed by atoms with van der Waals surface area (Å²) in [5, 5.41) is 0.313. The fourth-order valence-electron chi connectivity index (χ4n) is 2.15. The molecule has 2 rings (SSSR count). The minimum absolute atomic E-state index is 0.313. The number of hydrogen-bond acceptors (Lipinski definition) is 1. The maximum atomic E-state index is 5.92. The van der Waals surface area contributed by atoms with Crippen LogP contribution in [0, 0.1) is 0 Å². The molecule has 0 spiro atoms. The number of hydrogen-bond donors (Lipinski definition) is 0. The normalized spacial score (nSPS) is 15.6. The van der Waals surface area contributed by atoms with Gasteiger partial charge in [-0.15, -0.1) is 11.6 Å². The molecule has 0 saturated heterocycles. The highest BCUT2D eigenvalue weighted by molar-refractivity contribution is 6.20. The number of unbranched alkanes of at least 4 members (excludes halogenated alkanes) is 1. The van der Waals surface area contributed by atoms with E-state index in [1.165, 1.54) is 24.0 Å². The van der Waals surface area contributed by atoms with E-state index in [9.17, 15) is 0 Å². The zero-order chi connectivity index (χ0) is 11.4. The Balaban J connectivity index is 1.81. The van der Waals surface area contributed by atoms with E-state index >= 15 is 0 Å². The van der Waals surface area contributed by atoms with Crippen molar-refractivity contribution in [1.29, 1.82) is 0 Å². The van der Waals surface area contributed by atoms with Crippen molar-refractivity contribution in [1.82, 2.24) is 0 Å². The van der Waals surface area contributed by atoms with Gasteiger partial charge < -0.3 is 4.74 Å². The quantitative estimate of drug-likeness (QED) is 0.557. The average Bonchev–Trinajstić information content (AvgIpc) is 2.71. The molecule has 1 aliphatic heterocycles. The first kappa shape index (κ1) is 11.8. The number of ether oxygens (including phenoxy) is 1. The minimum atomic E-state index is 0.313. The zero-order valence-electron chi connectivity index (χ0n) is 9.84. The third kappa shape index (κ3) is 3.15. The van der Waals surface area contributed by atoms with Crippen LogP contribution in [0.1, 0.15) is 37.3 Å². The third-order valence-electron chi connectivity index (χ3n) is 3.07. The molecule has 1 aliphatic rings. The van der Waals surface area contributed by atoms with Crippen molar-refractivity contribution in [2.24, 2.45) is 0 Å². The summed E-state index contributed by atoms with van der Waals surface area (Å²) in [5.41, 5.74) is 2.81. The molecule has 0 N–H and O–H groups in total. The largest absolute Gasteiger partial charge is 0.493 e. The lowest BCUT2D eigenvalue weighted by Gasteiger charge is -2.05. The second-order valence-corrected chi connectivity index (χ2v) is 5.31. The summed E-state index contributed by atoms with van der Waals surface area (Å²) in [6.45, 7) is 2.91. The lowest BCUT2D eigenvalue weighted by Crippen LogP contribution is -1.92. The number of rotatable bonds is 5. The lowest BCUT2D eigenvalue weighted by molar-refractivity contribution is 0.357. The van der Waals surface area contributed by atoms with E-state index in [0.29, 0.717) is 5.38 Å². The van der Waals surface area contributed by atoms with E-state index in [1.54, 1.807) is 0 Å². The Hall–Kier alpha value is -0.690. The van der Waals surface area contributed by atoms with Crippen LogP contribution in [0.2, 0.25) is 0 Å². The zero-order valence-corrected chi connectivity index (χ0v) is 10.6. The molecular formula is C14H19ClO. The van der Waals surface area contributed by atoms with Crippen molar-refractivity contribution in [2.75, 3.05) is 6.61 Å². The van der Waals surface area contributed by atoms with Crippen LogP contribution in [-0.4, -0.2) is 12.0 Å². The molecule has 0 saturated carbocycles. The van der Waals surface area contributed by atoms with E-state index in [1.807, 2.05) is 0 Å². The SMILES string of the molecule is CC(Cl)CCCCc1ccc2c(c1)CCO2. The lowest BCUT2D eigenvalue weighted by atomic mass is 10.0. The van der Waals surface area contributed by atoms with Crippen LogP contribution < -0.4 is 4.74 Å². The van der Waals surface area contributed by atoms with Gasteiger partial charge >= 0.3 is 0 Å². The van der Waals surface area contributed by atoms with Crippen LogP contribution >= 0.6 is 11.6 Å². The minimum Gasteiger partial charge on any atom is -0.493 e. The summed E-state index contributed by atoms with van der Waals surface area (Å²) in [7, 11) is 0. The molecule has 88 valence electrons. The Bertz CT molecular complexity index is 347. The molecule has 1 nitrogen and oxygen atoms in total. The summed E-state index contributed by atoms with van der Waals surface area (Å²) in [5.74, 6) is 1.08. The van der Waals surface area contributed by atoms with Crippen molar-refractivity contribution >= 4 is 11.6 Å². The summed E-state index contributed by atoms with van der Waals surface area (Å²) < 4.78 is 5.49. The van der Waals surface area contributed by atoms with Gasteiger partial charge in [0.05, 0.1) is 6.61 Å². The third-order valence-corrected chi connectivity index (χ3v) is 3.29. The summed E-state index contributed by atoms with van der Waals surface area (Å²) >= 11 is 5.92. The van der Waals surface area contributed by atoms with Crippen molar-refractivity contribution in [2.45, 2.75) is 44.4 Å². The topological polar surface area (TPSA) is 9.23 Å². The molecule has 1 aromatic rings. The molecule has 0 aliphatic carbocycles. The predicted octanol–water partition coefficient (Wildman–Crippen LogP) is 3.96. The molecule has 0 radical (unpaired) electrons. The van der Waals surface area contributed by atoms with Gasteiger partial charge in [-0.25, -0.2) is 0 Å². The summed E-state index contributed by atoms with van der Waals surface area (Å²) in [6.07, 6.45) is 5.81. The smallest absolute Gasteiger partial charge is 0.122 e. The summed E-state index contributed by atoms with van der Waals surface area (Å²) in [6, 6.07) is 6.60. The van der Waals surface area contributed by atoms with Crippen LogP contribution in [0.3, 0.4) is 0 Å². The number of benzene rings is 1. The average molecular weight is 239 g/mol. The van der Waals surface area contributed by atoms with E-state index in [-0.39, 0.29) is 0 Å². The van der Waals surface area contributed by atoms with Gasteiger partial charge in [0, 0.05) is 11.8 Å². The second kappa shape index (κ2) is 5.58. The van der Waals surface area contributed by atoms with Gasteiger partial charge in [0.2, 0.25) is 0 Å². The van der Waals surface area contributed by atoms with Crippen molar-refractivity contribution in [3.05, 3.63) is 29.3 Å². The highest BCUT2D eigenvalue weighted by atomic mass is 35.5. The number of alkyl halides is 1. The van der Waals surface area contributed by atoms with E-state index < -0.39 is 0 Å². The van der Waals surface area contributed by atoms with E-state index in [2.05, 4.69) is 25.1 Å². The van der Waals surface area contributed by atoms with Crippen molar-refractivity contribution < 1.29 is 4.74 Å². The van der Waals surface area contributed by atoms with Gasteiger partial charge in [-0.3, -0.25) is 0 Å². The van der Waals surface area contributed by atoms with Crippen molar-refractivity contribution in [3.63, 3.8) is 0 Å². The molecule has 16 heavy (non-hydrogen) atoms. The first-order chi connectivity index (χ1) is 7.75. The molecule has 1 unspecified atom stereocenters. The van der Waals surface area contributed by atoms with Gasteiger partial charge in [-0.2, -0.15) is 0 Å². The fraction of sp³-hybridized carbons (Fsp3) is 0.571. The van der Waals surface area contributed by atoms with Crippen LogP contribution in [0.5, 0.6) is 5.75 Å². The van der Waals surface area contributed by atoms with E-state index in [0.717, 1.165) is 31.6 Å². The molecule has 0 amide bonds. The number of halogens is 1. The van der Waals surface area contributed by atoms with Crippen LogP contribution in [-0.2, 0) is 12.8 Å². The molecule has 1 heterocycles. The Labute approximate surface area is 103 Å². The maximum absolute atomic E-state index is 5.92. The highest BCUT2D eigenvalue weighted by Gasteiger charge is 2.11. The van der Waals surface area contributed by atoms with Crippen molar-refractivity contribution in [3.8, 4) is 5.75 Å². The first-order valence-corrected chi connectivity index (χ1v) is 6.58. The van der Waals surface area contributed by atoms with Gasteiger partial charge in [0.1, 0.15) is 5.75 Å². The predicted molar refractivity (Wildman–Crippen MR) is 68.5 cm³/mol. The number of fused-ring (bicyclic) bond motifs is 1. The Morgan fingerprint density at radius 2 is 2.25 bits per heavy atom. The molecule has 2 heteroatoms. The monoisotopic (exact) mass is 238 g/mol. The van der Waals surface area contributed by atoms with Gasteiger partial charge in [-0.1, -0.05) is 18.6 Å². The fourth-order valence-corrected chi connectivity index (χ4v) is 2.30. The van der Waals surface area contributed by atoms with Crippen LogP contribution in [0.4, 0.5) is 0 Å². The standard InChI is InChI=1S/C14H19ClO/c1-11(15)4-2-3-5-12-6-7-14-13(10-12)8-9-16-14/h6-7,10-11H,2-5,8-9H2,1H3.